The molecule has 0 aliphatic heterocycles. The van der Waals surface area contributed by atoms with Gasteiger partial charge in [0.15, 0.2) is 0 Å². The van der Waals surface area contributed by atoms with Crippen molar-refractivity contribution in [2.75, 3.05) is 26.4 Å². The van der Waals surface area contributed by atoms with Crippen molar-refractivity contribution >= 4 is 5.91 Å². The van der Waals surface area contributed by atoms with Gasteiger partial charge in [-0.05, 0) is 12.3 Å². The first-order chi connectivity index (χ1) is 13.5. The lowest BCUT2D eigenvalue weighted by molar-refractivity contribution is -0.122. The van der Waals surface area contributed by atoms with Crippen molar-refractivity contribution in [3.05, 3.63) is 0 Å². The van der Waals surface area contributed by atoms with E-state index in [2.05, 4.69) is 19.2 Å². The van der Waals surface area contributed by atoms with Crippen LogP contribution < -0.4 is 5.32 Å². The Morgan fingerprint density at radius 2 is 1.11 bits per heavy atom. The fourth-order valence-corrected chi connectivity index (χ4v) is 3.30. The van der Waals surface area contributed by atoms with Gasteiger partial charge in [0.1, 0.15) is 0 Å². The van der Waals surface area contributed by atoms with Crippen LogP contribution in [0.25, 0.3) is 0 Å². The van der Waals surface area contributed by atoms with E-state index in [4.69, 9.17) is 0 Å². The largest absolute Gasteiger partial charge is 0.396 e. The highest BCUT2D eigenvalue weighted by atomic mass is 16.3. The molecule has 28 heavy (non-hydrogen) atoms. The van der Waals surface area contributed by atoms with Crippen LogP contribution in [0.1, 0.15) is 104 Å². The van der Waals surface area contributed by atoms with Crippen LogP contribution in [0.3, 0.4) is 0 Å². The molecule has 0 aliphatic carbocycles. The average Bonchev–Trinajstić information content (AvgIpc) is 2.69. The SMILES string of the molecule is CC(C)CCCCCCCCCCCCCCC(=O)NCC(CO)(CO)CO. The van der Waals surface area contributed by atoms with Gasteiger partial charge in [0.05, 0.1) is 25.2 Å². The Morgan fingerprint density at radius 1 is 0.714 bits per heavy atom. The van der Waals surface area contributed by atoms with E-state index in [1.165, 1.54) is 70.6 Å². The highest BCUT2D eigenvalue weighted by molar-refractivity contribution is 5.75. The van der Waals surface area contributed by atoms with Crippen molar-refractivity contribution in [1.82, 2.24) is 5.32 Å². The van der Waals surface area contributed by atoms with Crippen molar-refractivity contribution in [2.45, 2.75) is 104 Å². The third-order valence-electron chi connectivity index (χ3n) is 5.60. The molecular formula is C23H47NO4. The minimum absolute atomic E-state index is 0.0758. The fraction of sp³-hybridized carbons (Fsp3) is 0.957. The summed E-state index contributed by atoms with van der Waals surface area (Å²) in [6.07, 6.45) is 17.1. The first-order valence-corrected chi connectivity index (χ1v) is 11.6. The van der Waals surface area contributed by atoms with E-state index in [-0.39, 0.29) is 32.3 Å². The van der Waals surface area contributed by atoms with Crippen molar-refractivity contribution in [1.29, 1.82) is 0 Å². The molecule has 0 saturated carbocycles. The van der Waals surface area contributed by atoms with Crippen LogP contribution in [0, 0.1) is 11.3 Å². The summed E-state index contributed by atoms with van der Waals surface area (Å²) in [5.74, 6) is 0.769. The second-order valence-corrected chi connectivity index (χ2v) is 8.93. The Kier molecular flexibility index (Phi) is 18.0. The molecule has 0 bridgehead atoms. The van der Waals surface area contributed by atoms with E-state index in [0.717, 1.165) is 18.8 Å². The summed E-state index contributed by atoms with van der Waals surface area (Å²) in [4.78, 5) is 11.8. The standard InChI is InChI=1S/C23H47NO4/c1-21(2)15-13-11-9-7-5-3-4-6-8-10-12-14-16-22(28)24-17-23(18-25,19-26)20-27/h21,25-27H,3-20H2,1-2H3,(H,24,28). The third kappa shape index (κ3) is 15.3. The zero-order valence-electron chi connectivity index (χ0n) is 18.6. The summed E-state index contributed by atoms with van der Waals surface area (Å²) in [5.41, 5.74) is -1.02. The molecule has 168 valence electrons. The number of hydrogen-bond donors (Lipinski definition) is 4. The van der Waals surface area contributed by atoms with Crippen molar-refractivity contribution in [3.63, 3.8) is 0 Å². The average molecular weight is 402 g/mol. The summed E-state index contributed by atoms with van der Waals surface area (Å²) in [6.45, 7) is 3.66. The molecule has 0 saturated heterocycles. The van der Waals surface area contributed by atoms with E-state index < -0.39 is 5.41 Å². The zero-order valence-corrected chi connectivity index (χ0v) is 18.6. The lowest BCUT2D eigenvalue weighted by Gasteiger charge is -2.27. The van der Waals surface area contributed by atoms with Crippen LogP contribution >= 0.6 is 0 Å². The van der Waals surface area contributed by atoms with Gasteiger partial charge in [-0.15, -0.1) is 0 Å². The number of aliphatic hydroxyl groups excluding tert-OH is 3. The van der Waals surface area contributed by atoms with Crippen LogP contribution in [0.15, 0.2) is 0 Å². The summed E-state index contributed by atoms with van der Waals surface area (Å²) >= 11 is 0. The van der Waals surface area contributed by atoms with Gasteiger partial charge in [0.2, 0.25) is 5.91 Å². The van der Waals surface area contributed by atoms with Gasteiger partial charge < -0.3 is 20.6 Å². The predicted octanol–water partition coefficient (Wildman–Crippen LogP) is 4.18. The summed E-state index contributed by atoms with van der Waals surface area (Å²) in [6, 6.07) is 0. The summed E-state index contributed by atoms with van der Waals surface area (Å²) < 4.78 is 0. The fourth-order valence-electron chi connectivity index (χ4n) is 3.30. The van der Waals surface area contributed by atoms with Crippen molar-refractivity contribution in [3.8, 4) is 0 Å². The normalized spacial score (nSPS) is 11.9. The molecule has 0 heterocycles. The molecule has 5 heteroatoms. The minimum Gasteiger partial charge on any atom is -0.396 e. The summed E-state index contributed by atoms with van der Waals surface area (Å²) in [7, 11) is 0. The number of carbonyl (C=O) groups excluding carboxylic acids is 1. The molecule has 0 unspecified atom stereocenters. The minimum atomic E-state index is -1.02. The maximum absolute atomic E-state index is 11.8. The number of nitrogens with one attached hydrogen (secondary N) is 1. The monoisotopic (exact) mass is 401 g/mol. The van der Waals surface area contributed by atoms with Crippen LogP contribution in [0.2, 0.25) is 0 Å². The Labute approximate surface area is 173 Å². The lowest BCUT2D eigenvalue weighted by Crippen LogP contribution is -2.45. The lowest BCUT2D eigenvalue weighted by atomic mass is 9.91. The smallest absolute Gasteiger partial charge is 0.220 e. The summed E-state index contributed by atoms with van der Waals surface area (Å²) in [5, 5.41) is 30.4. The van der Waals surface area contributed by atoms with Gasteiger partial charge in [0, 0.05) is 13.0 Å². The molecule has 0 rings (SSSR count). The molecule has 0 atom stereocenters. The van der Waals surface area contributed by atoms with Gasteiger partial charge in [-0.1, -0.05) is 90.9 Å². The van der Waals surface area contributed by atoms with E-state index in [9.17, 15) is 20.1 Å². The zero-order chi connectivity index (χ0) is 21.1. The molecule has 4 N–H and O–H groups in total. The molecule has 0 aliphatic rings. The number of amides is 1. The Balaban J connectivity index is 3.38. The number of unbranched alkanes of at least 4 members (excludes halogenated alkanes) is 11. The number of hydrogen-bond acceptors (Lipinski definition) is 4. The van der Waals surface area contributed by atoms with E-state index >= 15 is 0 Å². The molecule has 0 aromatic heterocycles. The second-order valence-electron chi connectivity index (χ2n) is 8.93. The van der Waals surface area contributed by atoms with Crippen LogP contribution in [0.4, 0.5) is 0 Å². The maximum Gasteiger partial charge on any atom is 0.220 e. The second kappa shape index (κ2) is 18.4. The first-order valence-electron chi connectivity index (χ1n) is 11.6. The Bertz CT molecular complexity index is 348. The van der Waals surface area contributed by atoms with Crippen molar-refractivity contribution < 1.29 is 20.1 Å². The third-order valence-corrected chi connectivity index (χ3v) is 5.60. The number of rotatable bonds is 20. The van der Waals surface area contributed by atoms with Gasteiger partial charge in [-0.3, -0.25) is 4.79 Å². The Morgan fingerprint density at radius 3 is 1.50 bits per heavy atom. The number of carbonyl (C=O) groups is 1. The van der Waals surface area contributed by atoms with Gasteiger partial charge in [-0.25, -0.2) is 0 Å². The van der Waals surface area contributed by atoms with E-state index in [1.54, 1.807) is 0 Å². The highest BCUT2D eigenvalue weighted by Gasteiger charge is 2.28. The Hall–Kier alpha value is -0.650. The topological polar surface area (TPSA) is 89.8 Å². The molecular weight excluding hydrogens is 354 g/mol. The molecule has 0 spiro atoms. The van der Waals surface area contributed by atoms with E-state index in [0.29, 0.717) is 6.42 Å². The molecule has 0 aromatic rings. The van der Waals surface area contributed by atoms with Crippen LogP contribution in [-0.4, -0.2) is 47.6 Å². The number of aliphatic hydroxyl groups is 3. The molecule has 0 aromatic carbocycles. The van der Waals surface area contributed by atoms with Crippen LogP contribution in [-0.2, 0) is 4.79 Å². The first kappa shape index (κ1) is 27.4. The van der Waals surface area contributed by atoms with Crippen LogP contribution in [0.5, 0.6) is 0 Å². The van der Waals surface area contributed by atoms with E-state index in [1.807, 2.05) is 0 Å². The van der Waals surface area contributed by atoms with Gasteiger partial charge in [-0.2, -0.15) is 0 Å². The predicted molar refractivity (Wildman–Crippen MR) is 116 cm³/mol. The molecule has 0 radical (unpaired) electrons. The molecule has 0 fully saturated rings. The molecule has 5 nitrogen and oxygen atoms in total. The highest BCUT2D eigenvalue weighted by Crippen LogP contribution is 2.15. The van der Waals surface area contributed by atoms with Gasteiger partial charge >= 0.3 is 0 Å². The quantitative estimate of drug-likeness (QED) is 0.230. The maximum atomic E-state index is 11.8. The van der Waals surface area contributed by atoms with Crippen molar-refractivity contribution in [2.24, 2.45) is 11.3 Å². The van der Waals surface area contributed by atoms with Gasteiger partial charge in [0.25, 0.3) is 0 Å². The molecule has 1 amide bonds.